The van der Waals surface area contributed by atoms with Gasteiger partial charge in [0.15, 0.2) is 0 Å². The van der Waals surface area contributed by atoms with Crippen molar-refractivity contribution in [2.24, 2.45) is 0 Å². The molecule has 31 heavy (non-hydrogen) atoms. The lowest BCUT2D eigenvalue weighted by atomic mass is 10.0. The molecule has 8 nitrogen and oxygen atoms in total. The Morgan fingerprint density at radius 2 is 1.87 bits per heavy atom. The van der Waals surface area contributed by atoms with Gasteiger partial charge in [-0.25, -0.2) is 13.9 Å². The number of anilines is 1. The fourth-order valence-corrected chi connectivity index (χ4v) is 4.74. The van der Waals surface area contributed by atoms with Crippen LogP contribution in [0.3, 0.4) is 0 Å². The second-order valence-corrected chi connectivity index (χ2v) is 8.52. The summed E-state index contributed by atoms with van der Waals surface area (Å²) >= 11 is 0. The molecule has 3 rings (SSSR count). The molecule has 2 N–H and O–H groups in total. The molecule has 1 heterocycles. The van der Waals surface area contributed by atoms with Gasteiger partial charge in [-0.2, -0.15) is 0 Å². The first-order valence-corrected chi connectivity index (χ1v) is 11.0. The van der Waals surface area contributed by atoms with Crippen molar-refractivity contribution in [3.8, 4) is 5.75 Å². The van der Waals surface area contributed by atoms with Crippen LogP contribution < -0.4 is 14.5 Å². The van der Waals surface area contributed by atoms with Crippen LogP contribution in [-0.2, 0) is 23.0 Å². The van der Waals surface area contributed by atoms with Crippen LogP contribution in [0.1, 0.15) is 28.4 Å². The zero-order valence-corrected chi connectivity index (χ0v) is 18.0. The fraction of sp³-hybridized carbons (Fsp3) is 0.182. The summed E-state index contributed by atoms with van der Waals surface area (Å²) in [7, 11) is -2.59. The summed E-state index contributed by atoms with van der Waals surface area (Å²) < 4.78 is 33.8. The summed E-state index contributed by atoms with van der Waals surface area (Å²) in [6.07, 6.45) is 3.64. The number of carbonyl (C=O) groups excluding carboxylic acids is 1. The Bertz CT molecular complexity index is 1150. The number of nitrogens with zero attached hydrogens (tertiary/aromatic N) is 2. The van der Waals surface area contributed by atoms with Crippen LogP contribution in [0.2, 0.25) is 0 Å². The maximum atomic E-state index is 13.7. The Balaban J connectivity index is 2.24. The van der Waals surface area contributed by atoms with Gasteiger partial charge in [0.05, 0.1) is 29.8 Å². The highest BCUT2D eigenvalue weighted by Gasteiger charge is 2.30. The van der Waals surface area contributed by atoms with Crippen LogP contribution in [0.15, 0.2) is 71.9 Å². The summed E-state index contributed by atoms with van der Waals surface area (Å²) in [5.41, 5.74) is 3.14. The molecule has 0 spiro atoms. The Kier molecular flexibility index (Phi) is 6.88. The smallest absolute Gasteiger partial charge is 0.276 e. The third-order valence-corrected chi connectivity index (χ3v) is 6.55. The van der Waals surface area contributed by atoms with E-state index >= 15 is 0 Å². The van der Waals surface area contributed by atoms with Gasteiger partial charge in [-0.1, -0.05) is 25.1 Å². The van der Waals surface area contributed by atoms with Gasteiger partial charge in [-0.3, -0.25) is 19.3 Å². The molecule has 3 aromatic rings. The molecule has 0 atom stereocenters. The Morgan fingerprint density at radius 3 is 2.45 bits per heavy atom. The first-order valence-electron chi connectivity index (χ1n) is 9.54. The van der Waals surface area contributed by atoms with Crippen molar-refractivity contribution in [1.82, 2.24) is 10.5 Å². The Morgan fingerprint density at radius 1 is 1.13 bits per heavy atom. The molecule has 162 valence electrons. The second kappa shape index (κ2) is 9.59. The van der Waals surface area contributed by atoms with E-state index in [1.165, 1.54) is 29.6 Å². The van der Waals surface area contributed by atoms with E-state index in [2.05, 4.69) is 4.98 Å². The highest BCUT2D eigenvalue weighted by atomic mass is 32.2. The molecule has 0 unspecified atom stereocenters. The molecule has 2 aromatic carbocycles. The number of hydrogen-bond acceptors (Lipinski definition) is 6. The van der Waals surface area contributed by atoms with Gasteiger partial charge in [0.25, 0.3) is 15.9 Å². The molecule has 1 aromatic heterocycles. The van der Waals surface area contributed by atoms with Gasteiger partial charge in [0.2, 0.25) is 0 Å². The number of pyridine rings is 1. The van der Waals surface area contributed by atoms with E-state index in [0.717, 1.165) is 0 Å². The molecule has 9 heteroatoms. The number of benzene rings is 2. The van der Waals surface area contributed by atoms with E-state index in [9.17, 15) is 18.4 Å². The van der Waals surface area contributed by atoms with E-state index in [4.69, 9.17) is 4.74 Å². The lowest BCUT2D eigenvalue weighted by Gasteiger charge is -2.28. The predicted molar refractivity (Wildman–Crippen MR) is 116 cm³/mol. The fourth-order valence-electron chi connectivity index (χ4n) is 3.23. The Labute approximate surface area is 181 Å². The molecular formula is C22H23N3O5S. The zero-order chi connectivity index (χ0) is 22.4. The van der Waals surface area contributed by atoms with Gasteiger partial charge >= 0.3 is 0 Å². The van der Waals surface area contributed by atoms with Crippen LogP contribution in [-0.4, -0.2) is 31.6 Å². The van der Waals surface area contributed by atoms with E-state index in [1.807, 2.05) is 6.92 Å². The third-order valence-electron chi connectivity index (χ3n) is 4.79. The lowest BCUT2D eigenvalue weighted by Crippen LogP contribution is -2.34. The van der Waals surface area contributed by atoms with Crippen LogP contribution in [0.5, 0.6) is 5.75 Å². The third kappa shape index (κ3) is 4.68. The number of rotatable bonds is 8. The minimum Gasteiger partial charge on any atom is -0.497 e. The highest BCUT2D eigenvalue weighted by Crippen LogP contribution is 2.33. The van der Waals surface area contributed by atoms with Crippen molar-refractivity contribution in [2.45, 2.75) is 24.8 Å². The van der Waals surface area contributed by atoms with E-state index in [-0.39, 0.29) is 22.7 Å². The number of hydroxylamine groups is 1. The number of hydrogen-bond donors (Lipinski definition) is 2. The predicted octanol–water partition coefficient (Wildman–Crippen LogP) is 3.17. The molecule has 0 radical (unpaired) electrons. The molecule has 0 saturated carbocycles. The number of nitrogens with one attached hydrogen (secondary N) is 1. The first kappa shape index (κ1) is 22.3. The average molecular weight is 442 g/mol. The van der Waals surface area contributed by atoms with Crippen LogP contribution >= 0.6 is 0 Å². The molecule has 0 aliphatic carbocycles. The van der Waals surface area contributed by atoms with Crippen molar-refractivity contribution in [3.63, 3.8) is 0 Å². The minimum atomic E-state index is -4.09. The summed E-state index contributed by atoms with van der Waals surface area (Å²) in [4.78, 5) is 16.5. The number of amides is 1. The Hall–Kier alpha value is -3.43. The second-order valence-electron chi connectivity index (χ2n) is 6.66. The van der Waals surface area contributed by atoms with Gasteiger partial charge in [0, 0.05) is 12.4 Å². The zero-order valence-electron chi connectivity index (χ0n) is 17.1. The maximum absolute atomic E-state index is 13.7. The van der Waals surface area contributed by atoms with E-state index < -0.39 is 15.9 Å². The standard InChI is InChI=1S/C22H23N3O5S/c1-3-17-7-4-8-20(22(26)24-27)21(17)25(15-16-6-5-13-23-14-16)31(28,29)19-11-9-18(30-2)10-12-19/h4-14,27H,3,15H2,1-2H3,(H,24,26). The van der Waals surface area contributed by atoms with Crippen LogP contribution in [0.4, 0.5) is 5.69 Å². The molecule has 0 aliphatic rings. The largest absolute Gasteiger partial charge is 0.497 e. The van der Waals surface area contributed by atoms with Crippen molar-refractivity contribution in [2.75, 3.05) is 11.4 Å². The molecule has 0 bridgehead atoms. The summed E-state index contributed by atoms with van der Waals surface area (Å²) in [6.45, 7) is 1.81. The van der Waals surface area contributed by atoms with Gasteiger partial charge < -0.3 is 4.74 Å². The SMILES string of the molecule is CCc1cccc(C(=O)NO)c1N(Cc1cccnc1)S(=O)(=O)c1ccc(OC)cc1. The highest BCUT2D eigenvalue weighted by molar-refractivity contribution is 7.92. The lowest BCUT2D eigenvalue weighted by molar-refractivity contribution is 0.0707. The summed E-state index contributed by atoms with van der Waals surface area (Å²) in [6, 6.07) is 14.3. The summed E-state index contributed by atoms with van der Waals surface area (Å²) in [5, 5.41) is 9.23. The normalized spacial score (nSPS) is 11.1. The van der Waals surface area contributed by atoms with Crippen molar-refractivity contribution in [3.05, 3.63) is 83.7 Å². The van der Waals surface area contributed by atoms with Gasteiger partial charge in [-0.05, 0) is 53.9 Å². The molecule has 0 fully saturated rings. The van der Waals surface area contributed by atoms with Crippen LogP contribution in [0.25, 0.3) is 0 Å². The average Bonchev–Trinajstić information content (AvgIpc) is 2.82. The molecule has 0 saturated heterocycles. The first-order chi connectivity index (χ1) is 14.9. The number of sulfonamides is 1. The van der Waals surface area contributed by atoms with Gasteiger partial charge in [0.1, 0.15) is 5.75 Å². The summed E-state index contributed by atoms with van der Waals surface area (Å²) in [5.74, 6) is -0.279. The van der Waals surface area contributed by atoms with Gasteiger partial charge in [-0.15, -0.1) is 0 Å². The quantitative estimate of drug-likeness (QED) is 0.411. The van der Waals surface area contributed by atoms with E-state index in [1.54, 1.807) is 54.3 Å². The van der Waals surface area contributed by atoms with Crippen molar-refractivity contribution < 1.29 is 23.2 Å². The van der Waals surface area contributed by atoms with Crippen molar-refractivity contribution >= 4 is 21.6 Å². The minimum absolute atomic E-state index is 0.0402. The monoisotopic (exact) mass is 441 g/mol. The van der Waals surface area contributed by atoms with Crippen molar-refractivity contribution in [1.29, 1.82) is 0 Å². The molecule has 1 amide bonds. The molecular weight excluding hydrogens is 418 g/mol. The number of aromatic nitrogens is 1. The van der Waals surface area contributed by atoms with Crippen LogP contribution in [0, 0.1) is 0 Å². The maximum Gasteiger partial charge on any atom is 0.276 e. The number of aryl methyl sites for hydroxylation is 1. The number of para-hydroxylation sites is 1. The number of carbonyl (C=O) groups is 1. The number of ether oxygens (including phenoxy) is 1. The molecule has 0 aliphatic heterocycles. The topological polar surface area (TPSA) is 109 Å². The van der Waals surface area contributed by atoms with E-state index in [0.29, 0.717) is 23.3 Å². The number of methoxy groups -OCH3 is 1.